The van der Waals surface area contributed by atoms with Gasteiger partial charge in [0.1, 0.15) is 5.82 Å². The molecule has 7 nitrogen and oxygen atoms in total. The number of oxime groups is 1. The van der Waals surface area contributed by atoms with Crippen LogP contribution >= 0.6 is 0 Å². The van der Waals surface area contributed by atoms with Crippen LogP contribution in [0.25, 0.3) is 6.08 Å². The first-order valence-electron chi connectivity index (χ1n) is 8.00. The molecular weight excluding hydrogens is 334 g/mol. The zero-order valence-corrected chi connectivity index (χ0v) is 13.8. The van der Waals surface area contributed by atoms with Gasteiger partial charge < -0.3 is 15.3 Å². The van der Waals surface area contributed by atoms with E-state index in [9.17, 15) is 14.7 Å². The zero-order chi connectivity index (χ0) is 18.4. The number of aromatic nitrogens is 1. The number of carbonyl (C=O) groups is 2. The first kappa shape index (κ1) is 17.3. The highest BCUT2D eigenvalue weighted by atomic mass is 16.7. The molecule has 2 N–H and O–H groups in total. The maximum atomic E-state index is 12.7. The number of nitrogens with one attached hydrogen (secondary N) is 1. The summed E-state index contributed by atoms with van der Waals surface area (Å²) in [5.74, 6) is -1.42. The zero-order valence-electron chi connectivity index (χ0n) is 13.8. The number of hydrogen-bond acceptors (Lipinski definition) is 5. The van der Waals surface area contributed by atoms with Gasteiger partial charge in [0.15, 0.2) is 0 Å². The number of hydrogen-bond donors (Lipinski definition) is 2. The summed E-state index contributed by atoms with van der Waals surface area (Å²) in [7, 11) is 0. The van der Waals surface area contributed by atoms with Gasteiger partial charge in [-0.05, 0) is 23.8 Å². The number of pyridine rings is 1. The van der Waals surface area contributed by atoms with Gasteiger partial charge in [-0.1, -0.05) is 47.6 Å². The highest BCUT2D eigenvalue weighted by Gasteiger charge is 2.48. The van der Waals surface area contributed by atoms with Crippen molar-refractivity contribution in [1.82, 2.24) is 4.98 Å². The molecular formula is C19H17N3O4. The van der Waals surface area contributed by atoms with Crippen LogP contribution in [0.2, 0.25) is 0 Å². The topological polar surface area (TPSA) is 101 Å². The van der Waals surface area contributed by atoms with E-state index in [-0.39, 0.29) is 6.42 Å². The fourth-order valence-electron chi connectivity index (χ4n) is 2.56. The Hall–Kier alpha value is -3.48. The Labute approximate surface area is 150 Å². The molecule has 1 amide bonds. The minimum atomic E-state index is -1.60. The van der Waals surface area contributed by atoms with E-state index in [1.165, 1.54) is 6.20 Å². The lowest BCUT2D eigenvalue weighted by molar-refractivity contribution is -0.152. The van der Waals surface area contributed by atoms with Gasteiger partial charge in [0, 0.05) is 12.6 Å². The third-order valence-corrected chi connectivity index (χ3v) is 3.83. The van der Waals surface area contributed by atoms with Gasteiger partial charge in [-0.3, -0.25) is 9.59 Å². The van der Waals surface area contributed by atoms with Crippen LogP contribution in [0.15, 0.2) is 66.0 Å². The van der Waals surface area contributed by atoms with E-state index in [0.717, 1.165) is 5.56 Å². The largest absolute Gasteiger partial charge is 0.481 e. The fourth-order valence-corrected chi connectivity index (χ4v) is 2.56. The Bertz CT molecular complexity index is 850. The molecule has 1 atom stereocenters. The second-order valence-electron chi connectivity index (χ2n) is 5.83. The van der Waals surface area contributed by atoms with Crippen LogP contribution in [-0.4, -0.2) is 33.3 Å². The predicted octanol–water partition coefficient (Wildman–Crippen LogP) is 2.72. The third kappa shape index (κ3) is 4.13. The van der Waals surface area contributed by atoms with E-state index in [2.05, 4.69) is 15.5 Å². The second kappa shape index (κ2) is 7.60. The summed E-state index contributed by atoms with van der Waals surface area (Å²) in [6, 6.07) is 14.6. The summed E-state index contributed by atoms with van der Waals surface area (Å²) in [6.45, 7) is 0. The number of nitrogens with zero attached hydrogens (tertiary/aromatic N) is 2. The van der Waals surface area contributed by atoms with Crippen LogP contribution in [0.4, 0.5) is 5.82 Å². The molecule has 26 heavy (non-hydrogen) atoms. The normalized spacial score (nSPS) is 19.0. The van der Waals surface area contributed by atoms with E-state index in [0.29, 0.717) is 11.5 Å². The Morgan fingerprint density at radius 2 is 1.92 bits per heavy atom. The van der Waals surface area contributed by atoms with Gasteiger partial charge >= 0.3 is 5.97 Å². The molecule has 0 saturated heterocycles. The molecule has 0 spiro atoms. The van der Waals surface area contributed by atoms with E-state index in [1.54, 1.807) is 24.3 Å². The second-order valence-corrected chi connectivity index (χ2v) is 5.83. The van der Waals surface area contributed by atoms with Gasteiger partial charge in [0.25, 0.3) is 5.91 Å². The molecule has 0 saturated carbocycles. The van der Waals surface area contributed by atoms with E-state index >= 15 is 0 Å². The molecule has 0 bridgehead atoms. The smallest absolute Gasteiger partial charge is 0.308 e. The molecule has 1 aliphatic rings. The van der Waals surface area contributed by atoms with Crippen LogP contribution in [0.5, 0.6) is 0 Å². The average molecular weight is 351 g/mol. The van der Waals surface area contributed by atoms with Crippen LogP contribution in [0, 0.1) is 0 Å². The summed E-state index contributed by atoms with van der Waals surface area (Å²) in [6.07, 6.45) is 4.63. The van der Waals surface area contributed by atoms with Crippen molar-refractivity contribution < 1.29 is 19.5 Å². The number of rotatable bonds is 6. The molecule has 0 radical (unpaired) electrons. The van der Waals surface area contributed by atoms with Crippen molar-refractivity contribution in [3.05, 3.63) is 66.4 Å². The number of allylic oxidation sites excluding steroid dienone is 1. The standard InChI is InChI=1S/C19H17N3O4/c23-17(24)13-19(18(25)21-16-8-4-5-11-20-16)12-15(22-26-19)10-9-14-6-2-1-3-7-14/h1-11H,12-13H2,(H,23,24)(H,20,21,25). The van der Waals surface area contributed by atoms with Gasteiger partial charge in [0.05, 0.1) is 12.1 Å². The number of carboxylic acids is 1. The number of carbonyl (C=O) groups excluding carboxylic acids is 1. The van der Waals surface area contributed by atoms with Crippen LogP contribution in [0.1, 0.15) is 18.4 Å². The van der Waals surface area contributed by atoms with Crippen molar-refractivity contribution in [2.24, 2.45) is 5.16 Å². The van der Waals surface area contributed by atoms with Crippen molar-refractivity contribution in [2.45, 2.75) is 18.4 Å². The minimum absolute atomic E-state index is 0.0568. The molecule has 1 unspecified atom stereocenters. The number of anilines is 1. The fraction of sp³-hybridized carbons (Fsp3) is 0.158. The number of carboxylic acid groups (broad SMARTS) is 1. The number of amides is 1. The third-order valence-electron chi connectivity index (χ3n) is 3.83. The lowest BCUT2D eigenvalue weighted by Crippen LogP contribution is -2.45. The monoisotopic (exact) mass is 351 g/mol. The molecule has 1 aromatic carbocycles. The Balaban J connectivity index is 1.74. The van der Waals surface area contributed by atoms with Crippen molar-refractivity contribution >= 4 is 29.5 Å². The van der Waals surface area contributed by atoms with E-state index in [4.69, 9.17) is 4.84 Å². The van der Waals surface area contributed by atoms with Crippen molar-refractivity contribution in [2.75, 3.05) is 5.32 Å². The molecule has 0 aliphatic carbocycles. The summed E-state index contributed by atoms with van der Waals surface area (Å²) in [5.41, 5.74) is -0.144. The Kier molecular flexibility index (Phi) is 5.07. The molecule has 132 valence electrons. The Morgan fingerprint density at radius 3 is 2.62 bits per heavy atom. The van der Waals surface area contributed by atoms with Gasteiger partial charge in [0.2, 0.25) is 5.60 Å². The van der Waals surface area contributed by atoms with Crippen molar-refractivity contribution in [3.8, 4) is 0 Å². The van der Waals surface area contributed by atoms with E-state index < -0.39 is 23.9 Å². The summed E-state index contributed by atoms with van der Waals surface area (Å²) >= 11 is 0. The molecule has 0 fully saturated rings. The first-order valence-corrected chi connectivity index (χ1v) is 8.00. The van der Waals surface area contributed by atoms with Gasteiger partial charge in [-0.2, -0.15) is 0 Å². The van der Waals surface area contributed by atoms with Crippen molar-refractivity contribution in [3.63, 3.8) is 0 Å². The maximum absolute atomic E-state index is 12.7. The van der Waals surface area contributed by atoms with Crippen LogP contribution < -0.4 is 5.32 Å². The van der Waals surface area contributed by atoms with Crippen molar-refractivity contribution in [1.29, 1.82) is 0 Å². The number of benzene rings is 1. The van der Waals surface area contributed by atoms with E-state index in [1.807, 2.05) is 36.4 Å². The van der Waals surface area contributed by atoms with Crippen LogP contribution in [-0.2, 0) is 14.4 Å². The molecule has 3 rings (SSSR count). The molecule has 1 aromatic heterocycles. The Morgan fingerprint density at radius 1 is 1.15 bits per heavy atom. The lowest BCUT2D eigenvalue weighted by Gasteiger charge is -2.23. The predicted molar refractivity (Wildman–Crippen MR) is 96.5 cm³/mol. The molecule has 2 heterocycles. The van der Waals surface area contributed by atoms with Gasteiger partial charge in [-0.15, -0.1) is 0 Å². The summed E-state index contributed by atoms with van der Waals surface area (Å²) < 4.78 is 0. The molecule has 2 aromatic rings. The number of aliphatic carboxylic acids is 1. The molecule has 1 aliphatic heterocycles. The van der Waals surface area contributed by atoms with Gasteiger partial charge in [-0.25, -0.2) is 4.98 Å². The van der Waals surface area contributed by atoms with Crippen LogP contribution in [0.3, 0.4) is 0 Å². The average Bonchev–Trinajstić information content (AvgIpc) is 3.05. The quantitative estimate of drug-likeness (QED) is 0.833. The summed E-state index contributed by atoms with van der Waals surface area (Å²) in [4.78, 5) is 33.2. The minimum Gasteiger partial charge on any atom is -0.481 e. The summed E-state index contributed by atoms with van der Waals surface area (Å²) in [5, 5.41) is 15.7. The highest BCUT2D eigenvalue weighted by Crippen LogP contribution is 2.30. The maximum Gasteiger partial charge on any atom is 0.308 e. The lowest BCUT2D eigenvalue weighted by atomic mass is 9.92. The first-order chi connectivity index (χ1) is 12.6. The SMILES string of the molecule is O=C(O)CC1(C(=O)Nc2ccccn2)CC(C=Cc2ccccc2)=NO1. The molecule has 7 heteroatoms. The highest BCUT2D eigenvalue weighted by molar-refractivity contribution is 6.07.